The van der Waals surface area contributed by atoms with E-state index in [0.717, 1.165) is 45.8 Å². The third kappa shape index (κ3) is 7.71. The Morgan fingerprint density at radius 3 is 2.53 bits per heavy atom. The van der Waals surface area contributed by atoms with Crippen molar-refractivity contribution in [3.05, 3.63) is 0 Å². The molecule has 0 aromatic rings. The summed E-state index contributed by atoms with van der Waals surface area (Å²) in [7, 11) is 0. The summed E-state index contributed by atoms with van der Waals surface area (Å²) < 4.78 is 5.30. The minimum absolute atomic E-state index is 0.200. The summed E-state index contributed by atoms with van der Waals surface area (Å²) in [5, 5.41) is 13.1. The fraction of sp³-hybridized carbons (Fsp3) is 1.00. The Bertz CT molecular complexity index is 198. The maximum Gasteiger partial charge on any atom is 0.0669 e. The Hall–Kier alpha value is -0.160. The van der Waals surface area contributed by atoms with E-state index < -0.39 is 0 Å². The van der Waals surface area contributed by atoms with E-state index in [1.807, 2.05) is 0 Å². The van der Waals surface area contributed by atoms with Crippen LogP contribution in [0, 0.1) is 5.41 Å². The molecular formula is C13H28N2O2. The Balaban J connectivity index is 1.99. The highest BCUT2D eigenvalue weighted by atomic mass is 16.5. The summed E-state index contributed by atoms with van der Waals surface area (Å²) in [6.45, 7) is 12.9. The fourth-order valence-electron chi connectivity index (χ4n) is 2.11. The highest BCUT2D eigenvalue weighted by molar-refractivity contribution is 4.70. The monoisotopic (exact) mass is 244 g/mol. The molecule has 102 valence electrons. The molecule has 0 aromatic heterocycles. The predicted octanol–water partition coefficient (Wildman–Crippen LogP) is 0.705. The molecule has 1 heterocycles. The van der Waals surface area contributed by atoms with Crippen LogP contribution in [0.15, 0.2) is 0 Å². The normalized spacial score (nSPS) is 20.5. The van der Waals surface area contributed by atoms with Gasteiger partial charge in [0.25, 0.3) is 0 Å². The average Bonchev–Trinajstić information content (AvgIpc) is 2.23. The number of morpholine rings is 1. The van der Waals surface area contributed by atoms with Gasteiger partial charge in [0.15, 0.2) is 0 Å². The maximum absolute atomic E-state index is 9.83. The van der Waals surface area contributed by atoms with Gasteiger partial charge in [-0.05, 0) is 11.8 Å². The molecule has 0 aromatic carbocycles. The van der Waals surface area contributed by atoms with Gasteiger partial charge in [-0.1, -0.05) is 20.8 Å². The lowest BCUT2D eigenvalue weighted by Gasteiger charge is -2.27. The van der Waals surface area contributed by atoms with E-state index in [0.29, 0.717) is 6.54 Å². The van der Waals surface area contributed by atoms with Gasteiger partial charge in [-0.3, -0.25) is 4.90 Å². The van der Waals surface area contributed by atoms with Crippen LogP contribution in [0.1, 0.15) is 27.2 Å². The van der Waals surface area contributed by atoms with E-state index in [1.165, 1.54) is 0 Å². The van der Waals surface area contributed by atoms with Gasteiger partial charge in [-0.15, -0.1) is 0 Å². The highest BCUT2D eigenvalue weighted by Crippen LogP contribution is 2.20. The van der Waals surface area contributed by atoms with Crippen molar-refractivity contribution in [2.24, 2.45) is 5.41 Å². The zero-order chi connectivity index (χ0) is 12.7. The first kappa shape index (κ1) is 14.9. The van der Waals surface area contributed by atoms with Gasteiger partial charge < -0.3 is 15.2 Å². The van der Waals surface area contributed by atoms with E-state index in [9.17, 15) is 5.11 Å². The van der Waals surface area contributed by atoms with Crippen molar-refractivity contribution < 1.29 is 9.84 Å². The minimum atomic E-state index is -0.236. The number of aliphatic hydroxyl groups excluding tert-OH is 1. The Kier molecular flexibility index (Phi) is 6.41. The molecule has 1 fully saturated rings. The van der Waals surface area contributed by atoms with Crippen LogP contribution < -0.4 is 5.32 Å². The van der Waals surface area contributed by atoms with Gasteiger partial charge in [-0.2, -0.15) is 0 Å². The molecule has 2 N–H and O–H groups in total. The number of rotatable bonds is 6. The Morgan fingerprint density at radius 2 is 1.94 bits per heavy atom. The van der Waals surface area contributed by atoms with Crippen molar-refractivity contribution in [2.45, 2.75) is 33.3 Å². The molecule has 1 atom stereocenters. The van der Waals surface area contributed by atoms with Crippen LogP contribution in [0.25, 0.3) is 0 Å². The van der Waals surface area contributed by atoms with E-state index >= 15 is 0 Å². The molecule has 0 spiro atoms. The quantitative estimate of drug-likeness (QED) is 0.675. The smallest absolute Gasteiger partial charge is 0.0669 e. The van der Waals surface area contributed by atoms with E-state index in [2.05, 4.69) is 31.0 Å². The molecule has 1 aliphatic heterocycles. The molecule has 4 nitrogen and oxygen atoms in total. The molecule has 0 amide bonds. The van der Waals surface area contributed by atoms with Crippen LogP contribution in [-0.2, 0) is 4.74 Å². The third-order valence-electron chi connectivity index (χ3n) is 2.94. The van der Waals surface area contributed by atoms with Crippen molar-refractivity contribution in [2.75, 3.05) is 45.9 Å². The number of nitrogens with zero attached hydrogens (tertiary/aromatic N) is 1. The second-order valence-corrected chi connectivity index (χ2v) is 6.08. The van der Waals surface area contributed by atoms with Crippen molar-refractivity contribution in [1.29, 1.82) is 0 Å². The second kappa shape index (κ2) is 7.31. The lowest BCUT2D eigenvalue weighted by molar-refractivity contribution is 0.0377. The summed E-state index contributed by atoms with van der Waals surface area (Å²) in [6, 6.07) is 0. The summed E-state index contributed by atoms with van der Waals surface area (Å²) in [5.41, 5.74) is 0.200. The number of hydrogen-bond donors (Lipinski definition) is 2. The Labute approximate surface area is 105 Å². The Morgan fingerprint density at radius 1 is 1.29 bits per heavy atom. The lowest BCUT2D eigenvalue weighted by Crippen LogP contribution is -2.41. The molecule has 1 aliphatic rings. The van der Waals surface area contributed by atoms with Crippen LogP contribution in [-0.4, -0.2) is 62.0 Å². The number of hydrogen-bond acceptors (Lipinski definition) is 4. The first-order chi connectivity index (χ1) is 7.97. The number of nitrogens with one attached hydrogen (secondary N) is 1. The molecular weight excluding hydrogens is 216 g/mol. The first-order valence-electron chi connectivity index (χ1n) is 6.66. The van der Waals surface area contributed by atoms with Crippen LogP contribution in [0.2, 0.25) is 0 Å². The van der Waals surface area contributed by atoms with Crippen molar-refractivity contribution in [3.8, 4) is 0 Å². The summed E-state index contributed by atoms with van der Waals surface area (Å²) in [4.78, 5) is 2.40. The molecule has 0 saturated carbocycles. The maximum atomic E-state index is 9.83. The molecule has 1 unspecified atom stereocenters. The highest BCUT2D eigenvalue weighted by Gasteiger charge is 2.16. The predicted molar refractivity (Wildman–Crippen MR) is 70.2 cm³/mol. The molecule has 1 rings (SSSR count). The number of ether oxygens (including phenoxy) is 1. The van der Waals surface area contributed by atoms with Gasteiger partial charge in [0.05, 0.1) is 19.3 Å². The minimum Gasteiger partial charge on any atom is -0.392 e. The van der Waals surface area contributed by atoms with Gasteiger partial charge in [0.1, 0.15) is 0 Å². The molecule has 0 radical (unpaired) electrons. The number of aliphatic hydroxyl groups is 1. The van der Waals surface area contributed by atoms with Gasteiger partial charge in [0, 0.05) is 32.7 Å². The summed E-state index contributed by atoms with van der Waals surface area (Å²) in [5.74, 6) is 0. The zero-order valence-electron chi connectivity index (χ0n) is 11.5. The van der Waals surface area contributed by atoms with Gasteiger partial charge in [0.2, 0.25) is 0 Å². The summed E-state index contributed by atoms with van der Waals surface area (Å²) >= 11 is 0. The van der Waals surface area contributed by atoms with Crippen molar-refractivity contribution >= 4 is 0 Å². The SMILES string of the molecule is CC(C)(C)CC(O)CNCCN1CCOCC1. The van der Waals surface area contributed by atoms with Crippen LogP contribution in [0.4, 0.5) is 0 Å². The molecule has 4 heteroatoms. The zero-order valence-corrected chi connectivity index (χ0v) is 11.5. The van der Waals surface area contributed by atoms with Crippen LogP contribution in [0.5, 0.6) is 0 Å². The molecule has 17 heavy (non-hydrogen) atoms. The first-order valence-corrected chi connectivity index (χ1v) is 6.66. The van der Waals surface area contributed by atoms with Crippen molar-refractivity contribution in [1.82, 2.24) is 10.2 Å². The van der Waals surface area contributed by atoms with E-state index in [-0.39, 0.29) is 11.5 Å². The lowest BCUT2D eigenvalue weighted by atomic mass is 9.89. The van der Waals surface area contributed by atoms with E-state index in [1.54, 1.807) is 0 Å². The van der Waals surface area contributed by atoms with E-state index in [4.69, 9.17) is 4.74 Å². The van der Waals surface area contributed by atoms with Crippen LogP contribution in [0.3, 0.4) is 0 Å². The second-order valence-electron chi connectivity index (χ2n) is 6.08. The largest absolute Gasteiger partial charge is 0.392 e. The standard InChI is InChI=1S/C13H28N2O2/c1-13(2,3)10-12(16)11-14-4-5-15-6-8-17-9-7-15/h12,14,16H,4-11H2,1-3H3. The molecule has 0 bridgehead atoms. The van der Waals surface area contributed by atoms with Crippen LogP contribution >= 0.6 is 0 Å². The molecule has 0 aliphatic carbocycles. The van der Waals surface area contributed by atoms with Crippen molar-refractivity contribution in [3.63, 3.8) is 0 Å². The summed E-state index contributed by atoms with van der Waals surface area (Å²) in [6.07, 6.45) is 0.608. The molecule has 1 saturated heterocycles. The van der Waals surface area contributed by atoms with Gasteiger partial charge in [-0.25, -0.2) is 0 Å². The van der Waals surface area contributed by atoms with Gasteiger partial charge >= 0.3 is 0 Å². The fourth-order valence-corrected chi connectivity index (χ4v) is 2.11. The average molecular weight is 244 g/mol. The topological polar surface area (TPSA) is 44.7 Å². The third-order valence-corrected chi connectivity index (χ3v) is 2.94.